The van der Waals surface area contributed by atoms with Gasteiger partial charge in [0, 0.05) is 6.20 Å². The average Bonchev–Trinajstić information content (AvgIpc) is 2.41. The second kappa shape index (κ2) is 5.61. The van der Waals surface area contributed by atoms with E-state index in [1.165, 1.54) is 0 Å². The van der Waals surface area contributed by atoms with Gasteiger partial charge in [-0.3, -0.25) is 0 Å². The van der Waals surface area contributed by atoms with Crippen molar-refractivity contribution in [2.45, 2.75) is 20.8 Å². The minimum atomic E-state index is -0.0182. The van der Waals surface area contributed by atoms with Crippen LogP contribution in [-0.2, 0) is 0 Å². The lowest BCUT2D eigenvalue weighted by Crippen LogP contribution is -2.16. The summed E-state index contributed by atoms with van der Waals surface area (Å²) in [7, 11) is 0. The lowest BCUT2D eigenvalue weighted by Gasteiger charge is -2.13. The maximum Gasteiger partial charge on any atom is 0.230 e. The maximum atomic E-state index is 8.87. The Hall–Kier alpha value is -2.56. The predicted octanol–water partition coefficient (Wildman–Crippen LogP) is 2.89. The van der Waals surface area contributed by atoms with Gasteiger partial charge < -0.3 is 15.7 Å². The Bertz CT molecular complexity index is 666. The molecule has 5 nitrogen and oxygen atoms in total. The first kappa shape index (κ1) is 13.9. The number of nitrogens with zero attached hydrogens (tertiary/aromatic N) is 2. The number of ether oxygens (including phenoxy) is 1. The number of oxime groups is 1. The largest absolute Gasteiger partial charge is 0.438 e. The van der Waals surface area contributed by atoms with Gasteiger partial charge in [-0.25, -0.2) is 4.98 Å². The van der Waals surface area contributed by atoms with Crippen LogP contribution in [0, 0.1) is 20.8 Å². The van der Waals surface area contributed by atoms with E-state index >= 15 is 0 Å². The Morgan fingerprint density at radius 3 is 2.60 bits per heavy atom. The van der Waals surface area contributed by atoms with Crippen LogP contribution >= 0.6 is 0 Å². The number of pyridine rings is 1. The molecule has 20 heavy (non-hydrogen) atoms. The number of hydrogen-bond donors (Lipinski definition) is 2. The summed E-state index contributed by atoms with van der Waals surface area (Å²) in [5.41, 5.74) is 9.17. The molecular weight excluding hydrogens is 254 g/mol. The van der Waals surface area contributed by atoms with Crippen LogP contribution in [0.25, 0.3) is 0 Å². The number of aromatic nitrogens is 1. The molecule has 0 radical (unpaired) electrons. The normalized spacial score (nSPS) is 11.4. The third-order valence-corrected chi connectivity index (χ3v) is 3.03. The van der Waals surface area contributed by atoms with E-state index in [9.17, 15) is 0 Å². The van der Waals surface area contributed by atoms with E-state index in [-0.39, 0.29) is 5.84 Å². The topological polar surface area (TPSA) is 80.7 Å². The molecule has 0 fully saturated rings. The Morgan fingerprint density at radius 2 is 1.95 bits per heavy atom. The number of hydrogen-bond acceptors (Lipinski definition) is 4. The van der Waals surface area contributed by atoms with Gasteiger partial charge in [-0.2, -0.15) is 0 Å². The van der Waals surface area contributed by atoms with Crippen LogP contribution in [-0.4, -0.2) is 16.0 Å². The Morgan fingerprint density at radius 1 is 1.20 bits per heavy atom. The molecule has 0 saturated carbocycles. The summed E-state index contributed by atoms with van der Waals surface area (Å²) in [6.45, 7) is 5.83. The first-order chi connectivity index (χ1) is 9.52. The van der Waals surface area contributed by atoms with Gasteiger partial charge in [-0.1, -0.05) is 22.9 Å². The molecule has 0 aliphatic rings. The van der Waals surface area contributed by atoms with Crippen LogP contribution in [0.4, 0.5) is 0 Å². The van der Waals surface area contributed by atoms with Gasteiger partial charge >= 0.3 is 0 Å². The van der Waals surface area contributed by atoms with Gasteiger partial charge in [0.2, 0.25) is 5.88 Å². The van der Waals surface area contributed by atoms with Gasteiger partial charge in [0.1, 0.15) is 5.75 Å². The number of amidine groups is 1. The Kier molecular flexibility index (Phi) is 3.89. The molecule has 2 aromatic rings. The van der Waals surface area contributed by atoms with E-state index < -0.39 is 0 Å². The van der Waals surface area contributed by atoms with Gasteiger partial charge in [0.25, 0.3) is 0 Å². The van der Waals surface area contributed by atoms with Crippen LogP contribution in [0.1, 0.15) is 22.3 Å². The van der Waals surface area contributed by atoms with Crippen molar-refractivity contribution in [3.63, 3.8) is 0 Å². The molecule has 104 valence electrons. The maximum absolute atomic E-state index is 8.87. The van der Waals surface area contributed by atoms with E-state index in [0.717, 1.165) is 16.7 Å². The van der Waals surface area contributed by atoms with Crippen molar-refractivity contribution in [1.82, 2.24) is 4.98 Å². The minimum absolute atomic E-state index is 0.0182. The summed E-state index contributed by atoms with van der Waals surface area (Å²) in [4.78, 5) is 4.17. The SMILES string of the molecule is Cc1ccc(Oc2nccc(C)c2/C(N)=N/O)c(C)c1. The van der Waals surface area contributed by atoms with Crippen molar-refractivity contribution in [3.05, 3.63) is 52.7 Å². The van der Waals surface area contributed by atoms with E-state index in [2.05, 4.69) is 10.1 Å². The highest BCUT2D eigenvalue weighted by atomic mass is 16.5. The van der Waals surface area contributed by atoms with Crippen molar-refractivity contribution in [2.75, 3.05) is 0 Å². The average molecular weight is 271 g/mol. The lowest BCUT2D eigenvalue weighted by atomic mass is 10.1. The number of aryl methyl sites for hydroxylation is 3. The highest BCUT2D eigenvalue weighted by Gasteiger charge is 2.14. The van der Waals surface area contributed by atoms with Crippen molar-refractivity contribution in [1.29, 1.82) is 0 Å². The van der Waals surface area contributed by atoms with E-state index in [4.69, 9.17) is 15.7 Å². The summed E-state index contributed by atoms with van der Waals surface area (Å²) in [6.07, 6.45) is 1.63. The second-order valence-electron chi connectivity index (χ2n) is 4.66. The third-order valence-electron chi connectivity index (χ3n) is 3.03. The van der Waals surface area contributed by atoms with Crippen molar-refractivity contribution in [2.24, 2.45) is 10.9 Å². The fourth-order valence-electron chi connectivity index (χ4n) is 1.99. The quantitative estimate of drug-likeness (QED) is 0.389. The standard InChI is InChI=1S/C15H17N3O2/c1-9-4-5-12(11(3)8-9)20-15-13(14(16)18-19)10(2)6-7-17-15/h4-8,19H,1-3H3,(H2,16,18). The first-order valence-electron chi connectivity index (χ1n) is 6.21. The molecule has 0 unspecified atom stereocenters. The first-order valence-corrected chi connectivity index (χ1v) is 6.21. The second-order valence-corrected chi connectivity index (χ2v) is 4.66. The minimum Gasteiger partial charge on any atom is -0.438 e. The highest BCUT2D eigenvalue weighted by molar-refractivity contribution is 6.00. The molecular formula is C15H17N3O2. The molecule has 0 bridgehead atoms. The number of benzene rings is 1. The van der Waals surface area contributed by atoms with E-state index in [0.29, 0.717) is 17.2 Å². The zero-order valence-electron chi connectivity index (χ0n) is 11.7. The summed E-state index contributed by atoms with van der Waals surface area (Å²) >= 11 is 0. The van der Waals surface area contributed by atoms with Crippen molar-refractivity contribution < 1.29 is 9.94 Å². The van der Waals surface area contributed by atoms with Crippen LogP contribution in [0.2, 0.25) is 0 Å². The van der Waals surface area contributed by atoms with Gasteiger partial charge in [0.05, 0.1) is 5.56 Å². The third kappa shape index (κ3) is 2.71. The highest BCUT2D eigenvalue weighted by Crippen LogP contribution is 2.28. The van der Waals surface area contributed by atoms with Crippen LogP contribution in [0.3, 0.4) is 0 Å². The molecule has 0 spiro atoms. The number of rotatable bonds is 3. The summed E-state index contributed by atoms with van der Waals surface area (Å²) in [5, 5.41) is 11.9. The summed E-state index contributed by atoms with van der Waals surface area (Å²) in [6, 6.07) is 7.64. The van der Waals surface area contributed by atoms with Gasteiger partial charge in [0.15, 0.2) is 5.84 Å². The van der Waals surface area contributed by atoms with Gasteiger partial charge in [-0.15, -0.1) is 0 Å². The van der Waals surface area contributed by atoms with Crippen molar-refractivity contribution >= 4 is 5.84 Å². The predicted molar refractivity (Wildman–Crippen MR) is 77.5 cm³/mol. The molecule has 2 rings (SSSR count). The zero-order valence-corrected chi connectivity index (χ0v) is 11.7. The zero-order chi connectivity index (χ0) is 14.7. The fraction of sp³-hybridized carbons (Fsp3) is 0.200. The Labute approximate surface area is 117 Å². The molecule has 5 heteroatoms. The molecule has 1 aromatic carbocycles. The summed E-state index contributed by atoms with van der Waals surface area (Å²) < 4.78 is 5.82. The summed E-state index contributed by atoms with van der Waals surface area (Å²) in [5.74, 6) is 1.00. The molecule has 0 atom stereocenters. The molecule has 0 saturated heterocycles. The van der Waals surface area contributed by atoms with Crippen LogP contribution < -0.4 is 10.5 Å². The van der Waals surface area contributed by atoms with E-state index in [1.54, 1.807) is 12.3 Å². The monoisotopic (exact) mass is 271 g/mol. The van der Waals surface area contributed by atoms with Crippen LogP contribution in [0.15, 0.2) is 35.6 Å². The molecule has 1 aromatic heterocycles. The van der Waals surface area contributed by atoms with Crippen molar-refractivity contribution in [3.8, 4) is 11.6 Å². The molecule has 0 aliphatic carbocycles. The van der Waals surface area contributed by atoms with E-state index in [1.807, 2.05) is 39.0 Å². The molecule has 0 aliphatic heterocycles. The van der Waals surface area contributed by atoms with Crippen LogP contribution in [0.5, 0.6) is 11.6 Å². The van der Waals surface area contributed by atoms with Gasteiger partial charge in [-0.05, 0) is 44.0 Å². The molecule has 0 amide bonds. The number of nitrogens with two attached hydrogens (primary N) is 1. The Balaban J connectivity index is 2.46. The molecule has 3 N–H and O–H groups in total. The smallest absolute Gasteiger partial charge is 0.230 e. The fourth-order valence-corrected chi connectivity index (χ4v) is 1.99. The molecule has 1 heterocycles. The lowest BCUT2D eigenvalue weighted by molar-refractivity contribution is 0.318.